The maximum atomic E-state index is 12.8. The van der Waals surface area contributed by atoms with Crippen LogP contribution in [0.25, 0.3) is 17.4 Å². The lowest BCUT2D eigenvalue weighted by molar-refractivity contribution is -0.0949. The van der Waals surface area contributed by atoms with Gasteiger partial charge in [-0.25, -0.2) is 5.01 Å². The largest absolute Gasteiger partial charge is 0.457 e. The van der Waals surface area contributed by atoms with Crippen molar-refractivity contribution in [3.63, 3.8) is 0 Å². The molecule has 0 radical (unpaired) electrons. The molecule has 1 saturated heterocycles. The maximum absolute atomic E-state index is 12.8. The fourth-order valence-electron chi connectivity index (χ4n) is 5.00. The molecule has 182 valence electrons. The van der Waals surface area contributed by atoms with Gasteiger partial charge in [0.15, 0.2) is 0 Å². The van der Waals surface area contributed by atoms with Crippen molar-refractivity contribution in [3.8, 4) is 17.1 Å². The van der Waals surface area contributed by atoms with Crippen LogP contribution in [0.1, 0.15) is 29.3 Å². The molecule has 3 aliphatic rings. The van der Waals surface area contributed by atoms with E-state index in [1.54, 1.807) is 0 Å². The van der Waals surface area contributed by atoms with Crippen LogP contribution in [-0.2, 0) is 0 Å². The van der Waals surface area contributed by atoms with Crippen molar-refractivity contribution in [1.29, 1.82) is 0 Å². The predicted octanol–water partition coefficient (Wildman–Crippen LogP) is 7.40. The summed E-state index contributed by atoms with van der Waals surface area (Å²) in [4.78, 5) is 13.5. The van der Waals surface area contributed by atoms with Crippen LogP contribution in [0.3, 0.4) is 0 Å². The predicted molar refractivity (Wildman–Crippen MR) is 148 cm³/mol. The van der Waals surface area contributed by atoms with Crippen molar-refractivity contribution in [3.05, 3.63) is 117 Å². The van der Waals surface area contributed by atoms with E-state index in [-0.39, 0.29) is 11.3 Å². The summed E-state index contributed by atoms with van der Waals surface area (Å²) < 4.78 is 13.8. The van der Waals surface area contributed by atoms with Crippen LogP contribution in [0.15, 0.2) is 110 Å². The van der Waals surface area contributed by atoms with Gasteiger partial charge < -0.3 is 9.15 Å². The van der Waals surface area contributed by atoms with Crippen molar-refractivity contribution in [2.75, 3.05) is 0 Å². The van der Waals surface area contributed by atoms with E-state index < -0.39 is 5.85 Å². The molecule has 37 heavy (non-hydrogen) atoms. The Morgan fingerprint density at radius 2 is 1.76 bits per heavy atom. The number of carbonyl (C=O) groups is 1. The van der Waals surface area contributed by atoms with Crippen LogP contribution in [0.2, 0.25) is 0 Å². The molecule has 2 atom stereocenters. The van der Waals surface area contributed by atoms with E-state index in [0.29, 0.717) is 17.1 Å². The summed E-state index contributed by atoms with van der Waals surface area (Å²) in [6, 6.07) is 29.8. The number of benzene rings is 3. The van der Waals surface area contributed by atoms with E-state index in [1.807, 2.05) is 83.9 Å². The lowest BCUT2D eigenvalue weighted by atomic mass is 9.96. The molecule has 4 heterocycles. The molecule has 0 unspecified atom stereocenters. The fourth-order valence-corrected chi connectivity index (χ4v) is 6.15. The lowest BCUT2D eigenvalue weighted by Gasteiger charge is -2.44. The van der Waals surface area contributed by atoms with E-state index in [4.69, 9.17) is 14.3 Å². The minimum absolute atomic E-state index is 0.0857. The average molecular weight is 570 g/mol. The maximum Gasteiger partial charge on any atom is 0.314 e. The highest BCUT2D eigenvalue weighted by atomic mass is 79.9. The van der Waals surface area contributed by atoms with Crippen LogP contribution in [0.5, 0.6) is 5.75 Å². The number of amides is 1. The molecule has 1 amide bonds. The summed E-state index contributed by atoms with van der Waals surface area (Å²) in [7, 11) is 0. The molecule has 3 aliphatic heterocycles. The minimum Gasteiger partial charge on any atom is -0.457 e. The Hall–Kier alpha value is -3.75. The van der Waals surface area contributed by atoms with E-state index in [2.05, 4.69) is 39.4 Å². The van der Waals surface area contributed by atoms with E-state index >= 15 is 0 Å². The zero-order valence-electron chi connectivity index (χ0n) is 19.4. The number of thioether (sulfide) groups is 1. The molecule has 1 fully saturated rings. The number of hydrazone groups is 1. The molecule has 0 aliphatic carbocycles. The van der Waals surface area contributed by atoms with E-state index in [0.717, 1.165) is 50.1 Å². The van der Waals surface area contributed by atoms with Crippen LogP contribution in [0.4, 0.5) is 4.79 Å². The summed E-state index contributed by atoms with van der Waals surface area (Å²) in [5.41, 5.74) is 4.02. The van der Waals surface area contributed by atoms with Gasteiger partial charge in [0.05, 0.1) is 16.7 Å². The molecule has 0 bridgehead atoms. The Morgan fingerprint density at radius 1 is 0.973 bits per heavy atom. The van der Waals surface area contributed by atoms with Gasteiger partial charge in [0.1, 0.15) is 17.3 Å². The Kier molecular flexibility index (Phi) is 5.26. The number of carbonyl (C=O) groups excluding carboxylic acids is 1. The number of rotatable bonds is 3. The molecule has 1 aromatic heterocycles. The van der Waals surface area contributed by atoms with Crippen molar-refractivity contribution < 1.29 is 13.9 Å². The van der Waals surface area contributed by atoms with Crippen molar-refractivity contribution in [1.82, 2.24) is 10.3 Å². The molecular weight excluding hydrogens is 550 g/mol. The van der Waals surface area contributed by atoms with Gasteiger partial charge in [0.2, 0.25) is 0 Å². The number of nitrogens with one attached hydrogen (secondary N) is 1. The third-order valence-corrected chi connectivity index (χ3v) is 8.14. The van der Waals surface area contributed by atoms with Crippen LogP contribution in [0, 0.1) is 0 Å². The minimum atomic E-state index is -1.26. The third-order valence-electron chi connectivity index (χ3n) is 6.71. The second kappa shape index (κ2) is 8.68. The Labute approximate surface area is 226 Å². The SMILES string of the molecule is O=C1N[C@]2(Oc3ccccc3[C@@H]3CC(c4ccccc4)=NN32)/C(=C/c2ccc(-c3ccc(Br)cc3)o2)S1. The monoisotopic (exact) mass is 569 g/mol. The van der Waals surface area contributed by atoms with Crippen molar-refractivity contribution >= 4 is 44.7 Å². The number of para-hydroxylation sites is 1. The van der Waals surface area contributed by atoms with Gasteiger partial charge >= 0.3 is 5.85 Å². The first-order chi connectivity index (χ1) is 18.1. The summed E-state index contributed by atoms with van der Waals surface area (Å²) >= 11 is 4.57. The first kappa shape index (κ1) is 22.4. The van der Waals surface area contributed by atoms with Gasteiger partial charge in [0, 0.05) is 22.0 Å². The van der Waals surface area contributed by atoms with E-state index in [1.165, 1.54) is 0 Å². The first-order valence-corrected chi connectivity index (χ1v) is 13.5. The molecule has 0 saturated carbocycles. The highest BCUT2D eigenvalue weighted by molar-refractivity contribution is 9.10. The van der Waals surface area contributed by atoms with Gasteiger partial charge in [0.25, 0.3) is 5.24 Å². The Bertz CT molecular complexity index is 1580. The van der Waals surface area contributed by atoms with Gasteiger partial charge in [-0.15, -0.1) is 0 Å². The number of fused-ring (bicyclic) bond motifs is 4. The van der Waals surface area contributed by atoms with Crippen molar-refractivity contribution in [2.24, 2.45) is 5.10 Å². The van der Waals surface area contributed by atoms with Gasteiger partial charge in [-0.3, -0.25) is 10.1 Å². The van der Waals surface area contributed by atoms with Crippen LogP contribution >= 0.6 is 27.7 Å². The van der Waals surface area contributed by atoms with Gasteiger partial charge in [-0.2, -0.15) is 5.10 Å². The lowest BCUT2D eigenvalue weighted by Crippen LogP contribution is -2.61. The second-order valence-corrected chi connectivity index (χ2v) is 10.9. The van der Waals surface area contributed by atoms with E-state index in [9.17, 15) is 4.79 Å². The summed E-state index contributed by atoms with van der Waals surface area (Å²) in [6.07, 6.45) is 2.57. The van der Waals surface area contributed by atoms with Gasteiger partial charge in [-0.1, -0.05) is 76.6 Å². The molecule has 3 aromatic carbocycles. The summed E-state index contributed by atoms with van der Waals surface area (Å²) in [5.74, 6) is 0.842. The zero-order valence-corrected chi connectivity index (χ0v) is 21.8. The number of ether oxygens (including phenoxy) is 1. The normalized spacial score (nSPS) is 23.0. The third kappa shape index (κ3) is 3.79. The number of hydrogen-bond acceptors (Lipinski definition) is 6. The molecule has 1 N–H and O–H groups in total. The topological polar surface area (TPSA) is 67.1 Å². The molecule has 6 nitrogen and oxygen atoms in total. The van der Waals surface area contributed by atoms with Gasteiger partial charge in [-0.05, 0) is 53.7 Å². The fraction of sp³-hybridized carbons (Fsp3) is 0.103. The summed E-state index contributed by atoms with van der Waals surface area (Å²) in [6.45, 7) is 0. The van der Waals surface area contributed by atoms with Crippen LogP contribution < -0.4 is 10.1 Å². The Morgan fingerprint density at radius 3 is 2.59 bits per heavy atom. The molecule has 4 aromatic rings. The Balaban J connectivity index is 1.32. The van der Waals surface area contributed by atoms with Crippen molar-refractivity contribution in [2.45, 2.75) is 18.3 Å². The highest BCUT2D eigenvalue weighted by Gasteiger charge is 2.58. The molecular formula is C29H20BrN3O3S. The molecule has 8 heteroatoms. The zero-order chi connectivity index (χ0) is 25.0. The quantitative estimate of drug-likeness (QED) is 0.278. The second-order valence-electron chi connectivity index (χ2n) is 8.99. The van der Waals surface area contributed by atoms with Crippen LogP contribution in [-0.4, -0.2) is 21.8 Å². The number of hydrogen-bond donors (Lipinski definition) is 1. The molecule has 7 rings (SSSR count). The highest BCUT2D eigenvalue weighted by Crippen LogP contribution is 2.52. The number of nitrogens with zero attached hydrogens (tertiary/aromatic N) is 2. The average Bonchev–Trinajstić information content (AvgIpc) is 3.64. The molecule has 1 spiro atoms. The summed E-state index contributed by atoms with van der Waals surface area (Å²) in [5, 5.41) is 9.80. The smallest absolute Gasteiger partial charge is 0.314 e. The number of halogens is 1. The standard InChI is InChI=1S/C29H20BrN3O3S/c30-20-12-10-19(11-13-20)25-15-14-21(35-25)16-27-29(31-28(34)37-27)33-24(22-8-4-5-9-26(22)36-29)17-23(32-33)18-6-2-1-3-7-18/h1-16,24H,17H2,(H,31,34)/b27-16-/t24-,29+/m0/s1. The number of furan rings is 1. The first-order valence-electron chi connectivity index (χ1n) is 11.9.